The van der Waals surface area contributed by atoms with Crippen LogP contribution in [0.2, 0.25) is 0 Å². The Labute approximate surface area is 117 Å². The topological polar surface area (TPSA) is 58.6 Å². The quantitative estimate of drug-likeness (QED) is 0.892. The van der Waals surface area contributed by atoms with Gasteiger partial charge in [-0.3, -0.25) is 4.79 Å². The molecule has 4 nitrogen and oxygen atoms in total. The summed E-state index contributed by atoms with van der Waals surface area (Å²) >= 11 is 0. The van der Waals surface area contributed by atoms with Gasteiger partial charge in [0.05, 0.1) is 12.0 Å². The number of carbonyl (C=O) groups is 1. The van der Waals surface area contributed by atoms with Crippen molar-refractivity contribution in [2.24, 2.45) is 0 Å². The van der Waals surface area contributed by atoms with Gasteiger partial charge in [-0.25, -0.2) is 4.39 Å². The van der Waals surface area contributed by atoms with Crippen LogP contribution in [0.1, 0.15) is 32.3 Å². The molecule has 1 saturated heterocycles. The van der Waals surface area contributed by atoms with Crippen molar-refractivity contribution in [1.82, 2.24) is 5.32 Å². The second-order valence-electron chi connectivity index (χ2n) is 5.83. The lowest BCUT2D eigenvalue weighted by molar-refractivity contribution is -0.123. The standard InChI is InChI=1S/C15H20FNO3/c1-15(2)9-11(5-6-20-15)17-14(19)8-10-3-4-13(18)12(16)7-10/h3-4,7,11,18H,5-6,8-9H2,1-2H3,(H,17,19). The molecule has 0 radical (unpaired) electrons. The largest absolute Gasteiger partial charge is 0.505 e. The van der Waals surface area contributed by atoms with Gasteiger partial charge < -0.3 is 15.2 Å². The van der Waals surface area contributed by atoms with Gasteiger partial charge in [0.25, 0.3) is 0 Å². The fraction of sp³-hybridized carbons (Fsp3) is 0.533. The molecular weight excluding hydrogens is 261 g/mol. The molecule has 0 spiro atoms. The molecule has 1 aromatic carbocycles. The molecule has 20 heavy (non-hydrogen) atoms. The van der Waals surface area contributed by atoms with Gasteiger partial charge >= 0.3 is 0 Å². The summed E-state index contributed by atoms with van der Waals surface area (Å²) in [4.78, 5) is 12.0. The second kappa shape index (κ2) is 5.79. The smallest absolute Gasteiger partial charge is 0.224 e. The molecule has 5 heteroatoms. The lowest BCUT2D eigenvalue weighted by atomic mass is 9.94. The molecule has 110 valence electrons. The number of carbonyl (C=O) groups excluding carboxylic acids is 1. The fourth-order valence-electron chi connectivity index (χ4n) is 2.48. The Morgan fingerprint density at radius 3 is 2.95 bits per heavy atom. The highest BCUT2D eigenvalue weighted by Gasteiger charge is 2.29. The summed E-state index contributed by atoms with van der Waals surface area (Å²) in [6, 6.07) is 4.08. The van der Waals surface area contributed by atoms with Crippen LogP contribution in [0.15, 0.2) is 18.2 Å². The third-order valence-electron chi connectivity index (χ3n) is 3.44. The van der Waals surface area contributed by atoms with Crippen LogP contribution in [0.4, 0.5) is 4.39 Å². The third-order valence-corrected chi connectivity index (χ3v) is 3.44. The SMILES string of the molecule is CC1(C)CC(NC(=O)Cc2ccc(O)c(F)c2)CCO1. The Kier molecular flexibility index (Phi) is 4.28. The molecule has 1 aliphatic rings. The van der Waals surface area contributed by atoms with E-state index < -0.39 is 11.6 Å². The van der Waals surface area contributed by atoms with Gasteiger partial charge in [0.1, 0.15) is 0 Å². The molecule has 0 saturated carbocycles. The van der Waals surface area contributed by atoms with E-state index in [1.807, 2.05) is 13.8 Å². The zero-order valence-corrected chi connectivity index (χ0v) is 11.8. The van der Waals surface area contributed by atoms with Crippen molar-refractivity contribution in [3.63, 3.8) is 0 Å². The summed E-state index contributed by atoms with van der Waals surface area (Å²) in [5.74, 6) is -1.25. The second-order valence-corrected chi connectivity index (χ2v) is 5.83. The van der Waals surface area contributed by atoms with Gasteiger partial charge in [-0.15, -0.1) is 0 Å². The highest BCUT2D eigenvalue weighted by molar-refractivity contribution is 5.78. The number of hydrogen-bond acceptors (Lipinski definition) is 3. The Hall–Kier alpha value is -1.62. The van der Waals surface area contributed by atoms with Crippen molar-refractivity contribution in [3.8, 4) is 5.75 Å². The highest BCUT2D eigenvalue weighted by atomic mass is 19.1. The molecule has 0 aliphatic carbocycles. The minimum Gasteiger partial charge on any atom is -0.505 e. The highest BCUT2D eigenvalue weighted by Crippen LogP contribution is 2.24. The minimum atomic E-state index is -0.706. The van der Waals surface area contributed by atoms with Crippen molar-refractivity contribution >= 4 is 5.91 Å². The van der Waals surface area contributed by atoms with Crippen LogP contribution in [0.3, 0.4) is 0 Å². The summed E-state index contributed by atoms with van der Waals surface area (Å²) < 4.78 is 18.8. The number of phenols is 1. The molecule has 0 bridgehead atoms. The number of amides is 1. The van der Waals surface area contributed by atoms with Crippen LogP contribution in [0.5, 0.6) is 5.75 Å². The van der Waals surface area contributed by atoms with Crippen LogP contribution in [-0.2, 0) is 16.0 Å². The first-order valence-corrected chi connectivity index (χ1v) is 6.76. The van der Waals surface area contributed by atoms with Crippen molar-refractivity contribution in [1.29, 1.82) is 0 Å². The number of rotatable bonds is 3. The fourth-order valence-corrected chi connectivity index (χ4v) is 2.48. The number of hydrogen-bond donors (Lipinski definition) is 2. The molecule has 1 unspecified atom stereocenters. The third kappa shape index (κ3) is 3.93. The summed E-state index contributed by atoms with van der Waals surface area (Å²) in [7, 11) is 0. The normalized spacial score (nSPS) is 21.4. The van der Waals surface area contributed by atoms with E-state index in [1.54, 1.807) is 6.07 Å². The monoisotopic (exact) mass is 281 g/mol. The summed E-state index contributed by atoms with van der Waals surface area (Å²) in [5, 5.41) is 12.1. The maximum atomic E-state index is 13.2. The van der Waals surface area contributed by atoms with Gasteiger partial charge in [-0.05, 0) is 44.4 Å². The number of aromatic hydroxyl groups is 1. The van der Waals surface area contributed by atoms with Crippen LogP contribution in [0, 0.1) is 5.82 Å². The molecule has 1 atom stereocenters. The summed E-state index contributed by atoms with van der Waals surface area (Å²) in [6.45, 7) is 4.63. The van der Waals surface area contributed by atoms with Gasteiger partial charge in [0.2, 0.25) is 5.91 Å². The number of benzene rings is 1. The van der Waals surface area contributed by atoms with Crippen molar-refractivity contribution in [2.75, 3.05) is 6.61 Å². The lowest BCUT2D eigenvalue weighted by Crippen LogP contribution is -2.46. The number of halogens is 1. The van der Waals surface area contributed by atoms with Crippen molar-refractivity contribution in [2.45, 2.75) is 44.8 Å². The molecule has 2 N–H and O–H groups in total. The molecule has 1 heterocycles. The van der Waals surface area contributed by atoms with Crippen LogP contribution in [-0.4, -0.2) is 29.3 Å². The van der Waals surface area contributed by atoms with E-state index >= 15 is 0 Å². The lowest BCUT2D eigenvalue weighted by Gasteiger charge is -2.35. The van der Waals surface area contributed by atoms with Crippen molar-refractivity contribution in [3.05, 3.63) is 29.6 Å². The number of phenolic OH excluding ortho intramolecular Hbond substituents is 1. The Morgan fingerprint density at radius 2 is 2.30 bits per heavy atom. The van der Waals surface area contributed by atoms with E-state index in [0.29, 0.717) is 12.2 Å². The van der Waals surface area contributed by atoms with E-state index in [1.165, 1.54) is 12.1 Å². The van der Waals surface area contributed by atoms with Crippen LogP contribution in [0.25, 0.3) is 0 Å². The summed E-state index contributed by atoms with van der Waals surface area (Å²) in [5.41, 5.74) is 0.324. The van der Waals surface area contributed by atoms with E-state index in [9.17, 15) is 9.18 Å². The zero-order chi connectivity index (χ0) is 14.8. The molecule has 2 rings (SSSR count). The first-order chi connectivity index (χ1) is 9.35. The molecule has 0 aromatic heterocycles. The van der Waals surface area contributed by atoms with E-state index in [-0.39, 0.29) is 24.0 Å². The Morgan fingerprint density at radius 1 is 1.55 bits per heavy atom. The maximum absolute atomic E-state index is 13.2. The van der Waals surface area contributed by atoms with Crippen LogP contribution >= 0.6 is 0 Å². The predicted octanol–water partition coefficient (Wildman–Crippen LogP) is 2.15. The zero-order valence-electron chi connectivity index (χ0n) is 11.8. The average Bonchev–Trinajstić information content (AvgIpc) is 2.32. The molecular formula is C15H20FNO3. The van der Waals surface area contributed by atoms with Gasteiger partial charge in [-0.2, -0.15) is 0 Å². The first-order valence-electron chi connectivity index (χ1n) is 6.76. The minimum absolute atomic E-state index is 0.0909. The van der Waals surface area contributed by atoms with E-state index in [0.717, 1.165) is 12.8 Å². The van der Waals surface area contributed by atoms with Crippen molar-refractivity contribution < 1.29 is 19.0 Å². The molecule has 1 fully saturated rings. The molecule has 1 aromatic rings. The van der Waals surface area contributed by atoms with Crippen LogP contribution < -0.4 is 5.32 Å². The predicted molar refractivity (Wildman–Crippen MR) is 73.0 cm³/mol. The van der Waals surface area contributed by atoms with E-state index in [2.05, 4.69) is 5.32 Å². The van der Waals surface area contributed by atoms with Gasteiger partial charge in [-0.1, -0.05) is 6.07 Å². The first kappa shape index (κ1) is 14.8. The maximum Gasteiger partial charge on any atom is 0.224 e. The number of nitrogens with one attached hydrogen (secondary N) is 1. The van der Waals surface area contributed by atoms with Gasteiger partial charge in [0, 0.05) is 12.6 Å². The summed E-state index contributed by atoms with van der Waals surface area (Å²) in [6.07, 6.45) is 1.66. The Balaban J connectivity index is 1.90. The molecule has 1 amide bonds. The Bertz CT molecular complexity index is 502. The van der Waals surface area contributed by atoms with Gasteiger partial charge in [0.15, 0.2) is 11.6 Å². The molecule has 1 aliphatic heterocycles. The average molecular weight is 281 g/mol. The van der Waals surface area contributed by atoms with E-state index in [4.69, 9.17) is 9.84 Å². The number of ether oxygens (including phenoxy) is 1.